The lowest BCUT2D eigenvalue weighted by Crippen LogP contribution is -2.32. The number of aliphatic hydroxyl groups excluding tert-OH is 1. The fraction of sp³-hybridized carbons (Fsp3) is 0.182. The highest BCUT2D eigenvalue weighted by atomic mass is 16.3. The second-order valence-corrected chi connectivity index (χ2v) is 6.94. The number of aliphatic hydroxyl groups is 1. The molecule has 2 N–H and O–H groups in total. The summed E-state index contributed by atoms with van der Waals surface area (Å²) < 4.78 is 0. The molecule has 0 radical (unpaired) electrons. The van der Waals surface area contributed by atoms with Crippen LogP contribution in [-0.2, 0) is 16.0 Å². The number of carbonyl (C=O) groups excluding carboxylic acids is 2. The first-order chi connectivity index (χ1) is 14.1. The monoisotopic (exact) mass is 388 g/mol. The molecule has 1 fully saturated rings. The predicted octanol–water partition coefficient (Wildman–Crippen LogP) is 2.78. The summed E-state index contributed by atoms with van der Waals surface area (Å²) in [6.07, 6.45) is 5.35. The molecule has 7 heteroatoms. The number of aromatic amines is 1. The van der Waals surface area contributed by atoms with E-state index in [0.717, 1.165) is 11.3 Å². The number of carbonyl (C=O) groups is 2. The highest BCUT2D eigenvalue weighted by Gasteiger charge is 2.46. The molecule has 146 valence electrons. The maximum atomic E-state index is 12.9. The number of pyridine rings is 1. The van der Waals surface area contributed by atoms with E-state index in [0.29, 0.717) is 24.2 Å². The van der Waals surface area contributed by atoms with Crippen LogP contribution in [0.15, 0.2) is 66.8 Å². The number of ketones is 1. The van der Waals surface area contributed by atoms with E-state index in [9.17, 15) is 14.7 Å². The summed E-state index contributed by atoms with van der Waals surface area (Å²) >= 11 is 0. The molecule has 2 aromatic heterocycles. The lowest BCUT2D eigenvalue weighted by Gasteiger charge is -2.24. The molecule has 1 unspecified atom stereocenters. The van der Waals surface area contributed by atoms with Crippen LogP contribution < -0.4 is 0 Å². The van der Waals surface area contributed by atoms with Crippen LogP contribution in [0, 0.1) is 6.92 Å². The highest BCUT2D eigenvalue weighted by Crippen LogP contribution is 2.38. The van der Waals surface area contributed by atoms with E-state index in [4.69, 9.17) is 0 Å². The molecule has 1 aliphatic rings. The van der Waals surface area contributed by atoms with E-state index in [1.807, 2.05) is 19.1 Å². The van der Waals surface area contributed by atoms with Crippen LogP contribution in [0.5, 0.6) is 0 Å². The van der Waals surface area contributed by atoms with Crippen molar-refractivity contribution in [1.29, 1.82) is 0 Å². The Morgan fingerprint density at radius 2 is 1.97 bits per heavy atom. The number of rotatable bonds is 5. The van der Waals surface area contributed by atoms with Gasteiger partial charge in [0.1, 0.15) is 11.8 Å². The molecule has 3 heterocycles. The fourth-order valence-electron chi connectivity index (χ4n) is 3.49. The summed E-state index contributed by atoms with van der Waals surface area (Å²) in [6, 6.07) is 11.7. The third-order valence-corrected chi connectivity index (χ3v) is 5.01. The zero-order chi connectivity index (χ0) is 20.4. The predicted molar refractivity (Wildman–Crippen MR) is 107 cm³/mol. The molecule has 4 rings (SSSR count). The van der Waals surface area contributed by atoms with Gasteiger partial charge < -0.3 is 15.0 Å². The number of nitrogens with zero attached hydrogens (tertiary/aromatic N) is 3. The van der Waals surface area contributed by atoms with Gasteiger partial charge in [-0.1, -0.05) is 35.9 Å². The van der Waals surface area contributed by atoms with E-state index < -0.39 is 17.7 Å². The Morgan fingerprint density at radius 3 is 2.62 bits per heavy atom. The number of amides is 1. The zero-order valence-electron chi connectivity index (χ0n) is 15.9. The molecule has 1 aromatic carbocycles. The molecule has 0 saturated carbocycles. The first kappa shape index (κ1) is 18.6. The summed E-state index contributed by atoms with van der Waals surface area (Å²) in [5.41, 5.74) is 2.96. The molecule has 1 saturated heterocycles. The number of Topliss-reactive ketones (excluding diaryl/α,β-unsaturated/α-hetero) is 1. The van der Waals surface area contributed by atoms with Gasteiger partial charge in [-0.15, -0.1) is 0 Å². The lowest BCUT2D eigenvalue weighted by molar-refractivity contribution is -0.139. The fourth-order valence-corrected chi connectivity index (χ4v) is 3.49. The SMILES string of the molecule is Cc1ccc(C(O)=C2C(=O)C(=O)N(CCc3cnc[nH]3)C2c2ccccn2)cc1. The first-order valence-electron chi connectivity index (χ1n) is 9.30. The van der Waals surface area contributed by atoms with Gasteiger partial charge in [0.15, 0.2) is 0 Å². The van der Waals surface area contributed by atoms with E-state index in [1.54, 1.807) is 49.1 Å². The van der Waals surface area contributed by atoms with Gasteiger partial charge in [-0.3, -0.25) is 14.6 Å². The summed E-state index contributed by atoms with van der Waals surface area (Å²) in [7, 11) is 0. The van der Waals surface area contributed by atoms with Crippen molar-refractivity contribution in [2.24, 2.45) is 0 Å². The largest absolute Gasteiger partial charge is 0.507 e. The smallest absolute Gasteiger partial charge is 0.295 e. The zero-order valence-corrected chi connectivity index (χ0v) is 15.9. The number of benzene rings is 1. The van der Waals surface area contributed by atoms with Gasteiger partial charge >= 0.3 is 0 Å². The summed E-state index contributed by atoms with van der Waals surface area (Å²) in [6.45, 7) is 2.23. The van der Waals surface area contributed by atoms with Crippen molar-refractivity contribution in [3.63, 3.8) is 0 Å². The maximum absolute atomic E-state index is 12.9. The van der Waals surface area contributed by atoms with E-state index in [-0.39, 0.29) is 11.3 Å². The van der Waals surface area contributed by atoms with Gasteiger partial charge in [-0.05, 0) is 19.1 Å². The molecule has 0 bridgehead atoms. The Morgan fingerprint density at radius 1 is 1.17 bits per heavy atom. The van der Waals surface area contributed by atoms with Crippen LogP contribution in [0.4, 0.5) is 0 Å². The maximum Gasteiger partial charge on any atom is 0.295 e. The van der Waals surface area contributed by atoms with Crippen LogP contribution in [0.2, 0.25) is 0 Å². The Bertz CT molecular complexity index is 1060. The van der Waals surface area contributed by atoms with Gasteiger partial charge in [0.25, 0.3) is 11.7 Å². The number of nitrogens with one attached hydrogen (secondary N) is 1. The Kier molecular flexibility index (Phi) is 4.95. The molecule has 1 atom stereocenters. The van der Waals surface area contributed by atoms with Crippen molar-refractivity contribution in [2.45, 2.75) is 19.4 Å². The van der Waals surface area contributed by atoms with Gasteiger partial charge in [-0.25, -0.2) is 4.98 Å². The van der Waals surface area contributed by atoms with Crippen molar-refractivity contribution in [3.8, 4) is 0 Å². The number of aryl methyl sites for hydroxylation is 1. The number of H-pyrrole nitrogens is 1. The Hall–Kier alpha value is -3.74. The minimum atomic E-state index is -0.750. The topological polar surface area (TPSA) is 99.2 Å². The molecule has 7 nitrogen and oxygen atoms in total. The van der Waals surface area contributed by atoms with E-state index >= 15 is 0 Å². The summed E-state index contributed by atoms with van der Waals surface area (Å²) in [5, 5.41) is 10.9. The highest BCUT2D eigenvalue weighted by molar-refractivity contribution is 6.46. The molecule has 0 aliphatic carbocycles. The molecule has 3 aromatic rings. The Balaban J connectivity index is 1.78. The van der Waals surface area contributed by atoms with Crippen molar-refractivity contribution in [2.75, 3.05) is 6.54 Å². The third kappa shape index (κ3) is 3.54. The van der Waals surface area contributed by atoms with E-state index in [1.165, 1.54) is 4.90 Å². The van der Waals surface area contributed by atoms with Gasteiger partial charge in [-0.2, -0.15) is 0 Å². The quantitative estimate of drug-likeness (QED) is 0.398. The van der Waals surface area contributed by atoms with Crippen molar-refractivity contribution >= 4 is 17.4 Å². The number of likely N-dealkylation sites (tertiary alicyclic amines) is 1. The number of hydrogen-bond donors (Lipinski definition) is 2. The average molecular weight is 388 g/mol. The van der Waals surface area contributed by atoms with Crippen LogP contribution >= 0.6 is 0 Å². The first-order valence-corrected chi connectivity index (χ1v) is 9.30. The molecular formula is C22H20N4O3. The van der Waals surface area contributed by atoms with Gasteiger partial charge in [0, 0.05) is 36.6 Å². The second kappa shape index (κ2) is 7.71. The standard InChI is InChI=1S/C22H20N4O3/c1-14-5-7-15(8-6-14)20(27)18-19(17-4-2-3-10-24-17)26(22(29)21(18)28)11-9-16-12-23-13-25-16/h2-8,10,12-13,19,27H,9,11H2,1H3,(H,23,25). The third-order valence-electron chi connectivity index (χ3n) is 5.01. The minimum Gasteiger partial charge on any atom is -0.507 e. The van der Waals surface area contributed by atoms with Crippen molar-refractivity contribution < 1.29 is 14.7 Å². The molecule has 29 heavy (non-hydrogen) atoms. The number of imidazole rings is 1. The number of aromatic nitrogens is 3. The molecule has 1 amide bonds. The molecule has 1 aliphatic heterocycles. The second-order valence-electron chi connectivity index (χ2n) is 6.94. The van der Waals surface area contributed by atoms with Gasteiger partial charge in [0.05, 0.1) is 17.6 Å². The minimum absolute atomic E-state index is 0.0576. The summed E-state index contributed by atoms with van der Waals surface area (Å²) in [5.74, 6) is -1.54. The molecular weight excluding hydrogens is 368 g/mol. The summed E-state index contributed by atoms with van der Waals surface area (Å²) in [4.78, 5) is 38.5. The van der Waals surface area contributed by atoms with Crippen molar-refractivity contribution in [1.82, 2.24) is 19.9 Å². The number of hydrogen-bond acceptors (Lipinski definition) is 5. The van der Waals surface area contributed by atoms with Crippen molar-refractivity contribution in [3.05, 3.63) is 89.3 Å². The van der Waals surface area contributed by atoms with Crippen LogP contribution in [0.25, 0.3) is 5.76 Å². The molecule has 0 spiro atoms. The Labute approximate surface area is 167 Å². The van der Waals surface area contributed by atoms with Crippen LogP contribution in [0.3, 0.4) is 0 Å². The lowest BCUT2D eigenvalue weighted by atomic mass is 9.98. The van der Waals surface area contributed by atoms with Gasteiger partial charge in [0.2, 0.25) is 0 Å². The average Bonchev–Trinajstić information content (AvgIpc) is 3.34. The normalized spacial score (nSPS) is 18.4. The van der Waals surface area contributed by atoms with Crippen LogP contribution in [-0.4, -0.2) is 43.2 Å². The van der Waals surface area contributed by atoms with Crippen LogP contribution in [0.1, 0.15) is 28.6 Å². The van der Waals surface area contributed by atoms with E-state index in [2.05, 4.69) is 15.0 Å².